The van der Waals surface area contributed by atoms with E-state index in [4.69, 9.17) is 19.0 Å². The number of esters is 2. The van der Waals surface area contributed by atoms with Crippen LogP contribution in [0.2, 0.25) is 0 Å². The number of hydrogen-bond acceptors (Lipinski definition) is 10. The lowest BCUT2D eigenvalue weighted by Crippen LogP contribution is -2.57. The molecule has 13 heteroatoms. The van der Waals surface area contributed by atoms with Crippen molar-refractivity contribution in [3.63, 3.8) is 0 Å². The van der Waals surface area contributed by atoms with Gasteiger partial charge < -0.3 is 19.5 Å². The molecule has 4 rings (SSSR count). The summed E-state index contributed by atoms with van der Waals surface area (Å²) in [5.74, 6) is -2.63. The summed E-state index contributed by atoms with van der Waals surface area (Å²) < 4.78 is 15.6. The summed E-state index contributed by atoms with van der Waals surface area (Å²) in [5.41, 5.74) is -1.12. The second-order valence-electron chi connectivity index (χ2n) is 7.95. The van der Waals surface area contributed by atoms with Crippen molar-refractivity contribution in [2.45, 2.75) is 37.8 Å². The zero-order valence-electron chi connectivity index (χ0n) is 18.8. The fraction of sp³-hybridized carbons (Fsp3) is 0.304. The number of amides is 2. The molecule has 2 aliphatic heterocycles. The predicted octanol–water partition coefficient (Wildman–Crippen LogP) is 1.74. The minimum absolute atomic E-state index is 0.0192. The molecule has 36 heavy (non-hydrogen) atoms. The first-order valence-electron chi connectivity index (χ1n) is 10.8. The number of benzene rings is 2. The van der Waals surface area contributed by atoms with Gasteiger partial charge in [0.25, 0.3) is 11.6 Å². The maximum Gasteiger partial charge on any atom is 0.408 e. The predicted molar refractivity (Wildman–Crippen MR) is 117 cm³/mol. The Morgan fingerprint density at radius 3 is 2.36 bits per heavy atom. The Hall–Kier alpha value is -4.52. The normalized spacial score (nSPS) is 21.1. The van der Waals surface area contributed by atoms with E-state index >= 15 is 0 Å². The summed E-state index contributed by atoms with van der Waals surface area (Å²) in [6.07, 6.45) is -1.26. The SMILES string of the molecule is O=C1CCC(C(=O)OCc2ccc([N+](=O)[O-])cc2)(N2OC[C@@H](NC(=O)OCc3ccccc3)C2=O)O1. The third-order valence-corrected chi connectivity index (χ3v) is 5.49. The molecule has 0 aliphatic carbocycles. The first-order valence-corrected chi connectivity index (χ1v) is 10.8. The molecule has 2 aliphatic rings. The number of rotatable bonds is 8. The number of nitro benzene ring substituents is 1. The van der Waals surface area contributed by atoms with Crippen molar-refractivity contribution in [1.29, 1.82) is 0 Å². The summed E-state index contributed by atoms with van der Waals surface area (Å²) in [5, 5.41) is 13.8. The highest BCUT2D eigenvalue weighted by atomic mass is 16.8. The number of hydrogen-bond donors (Lipinski definition) is 1. The van der Waals surface area contributed by atoms with E-state index in [1.165, 1.54) is 24.3 Å². The van der Waals surface area contributed by atoms with Crippen molar-refractivity contribution in [2.24, 2.45) is 0 Å². The van der Waals surface area contributed by atoms with Crippen molar-refractivity contribution in [1.82, 2.24) is 10.4 Å². The first kappa shape index (κ1) is 24.6. The number of cyclic esters (lactones) is 1. The van der Waals surface area contributed by atoms with Crippen molar-refractivity contribution in [3.05, 3.63) is 75.8 Å². The number of non-ortho nitro benzene ring substituents is 1. The Kier molecular flexibility index (Phi) is 7.10. The molecule has 2 fully saturated rings. The van der Waals surface area contributed by atoms with Crippen molar-refractivity contribution >= 4 is 29.6 Å². The number of nitrogens with one attached hydrogen (secondary N) is 1. The topological polar surface area (TPSA) is 164 Å². The Morgan fingerprint density at radius 2 is 1.72 bits per heavy atom. The van der Waals surface area contributed by atoms with Crippen LogP contribution < -0.4 is 5.32 Å². The standard InChI is InChI=1S/C23H21N3O10/c27-19-10-11-23(36-19,21(29)33-12-16-6-8-17(9-7-16)26(31)32)25-20(28)18(14-35-25)24-22(30)34-13-15-4-2-1-3-5-15/h1-9,18H,10-14H2,(H,24,30)/t18-,23?/m1/s1. The number of hydroxylamine groups is 2. The molecule has 0 radical (unpaired) electrons. The lowest BCUT2D eigenvalue weighted by Gasteiger charge is -2.32. The molecule has 2 aromatic carbocycles. The van der Waals surface area contributed by atoms with Crippen molar-refractivity contribution in [2.75, 3.05) is 6.61 Å². The minimum atomic E-state index is -2.17. The monoisotopic (exact) mass is 499 g/mol. The largest absolute Gasteiger partial charge is 0.456 e. The zero-order valence-corrected chi connectivity index (χ0v) is 18.8. The molecule has 1 unspecified atom stereocenters. The van der Waals surface area contributed by atoms with Crippen LogP contribution in [0.5, 0.6) is 0 Å². The summed E-state index contributed by atoms with van der Waals surface area (Å²) >= 11 is 0. The van der Waals surface area contributed by atoms with Gasteiger partial charge in [0.15, 0.2) is 0 Å². The molecular formula is C23H21N3O10. The highest BCUT2D eigenvalue weighted by Gasteiger charge is 2.60. The fourth-order valence-electron chi connectivity index (χ4n) is 3.63. The van der Waals surface area contributed by atoms with Crippen LogP contribution >= 0.6 is 0 Å². The Labute approximate surface area is 204 Å². The number of nitrogens with zero attached hydrogens (tertiary/aromatic N) is 2. The van der Waals surface area contributed by atoms with Gasteiger partial charge in [0.1, 0.15) is 25.9 Å². The zero-order chi connectivity index (χ0) is 25.7. The maximum atomic E-state index is 13.0. The van der Waals surface area contributed by atoms with E-state index in [2.05, 4.69) is 5.32 Å². The van der Waals surface area contributed by atoms with Gasteiger partial charge in [-0.1, -0.05) is 30.3 Å². The highest BCUT2D eigenvalue weighted by molar-refractivity contribution is 5.94. The van der Waals surface area contributed by atoms with Gasteiger partial charge >= 0.3 is 23.8 Å². The Bertz CT molecular complexity index is 1170. The van der Waals surface area contributed by atoms with E-state index in [1.54, 1.807) is 24.3 Å². The molecule has 0 saturated carbocycles. The van der Waals surface area contributed by atoms with Crippen LogP contribution in [0.4, 0.5) is 10.5 Å². The average Bonchev–Trinajstić information content (AvgIpc) is 3.45. The van der Waals surface area contributed by atoms with Gasteiger partial charge in [0.05, 0.1) is 11.3 Å². The fourth-order valence-corrected chi connectivity index (χ4v) is 3.63. The molecule has 188 valence electrons. The number of carbonyl (C=O) groups is 4. The van der Waals surface area contributed by atoms with Gasteiger partial charge in [-0.15, -0.1) is 0 Å². The van der Waals surface area contributed by atoms with E-state index in [0.717, 1.165) is 5.56 Å². The highest BCUT2D eigenvalue weighted by Crippen LogP contribution is 2.35. The number of nitro groups is 1. The van der Waals surface area contributed by atoms with Crippen LogP contribution in [-0.2, 0) is 46.6 Å². The second kappa shape index (κ2) is 10.4. The van der Waals surface area contributed by atoms with Crippen LogP contribution in [0, 0.1) is 10.1 Å². The summed E-state index contributed by atoms with van der Waals surface area (Å²) in [6, 6.07) is 13.0. The van der Waals surface area contributed by atoms with Crippen LogP contribution in [0.25, 0.3) is 0 Å². The average molecular weight is 499 g/mol. The van der Waals surface area contributed by atoms with E-state index in [9.17, 15) is 29.3 Å². The van der Waals surface area contributed by atoms with Crippen LogP contribution in [0.1, 0.15) is 24.0 Å². The van der Waals surface area contributed by atoms with Gasteiger partial charge in [-0.2, -0.15) is 5.06 Å². The molecule has 1 N–H and O–H groups in total. The number of alkyl carbamates (subject to hydrolysis) is 1. The number of ether oxygens (including phenoxy) is 3. The number of carbonyl (C=O) groups excluding carboxylic acids is 4. The quantitative estimate of drug-likeness (QED) is 0.245. The van der Waals surface area contributed by atoms with E-state index in [-0.39, 0.29) is 38.3 Å². The van der Waals surface area contributed by atoms with Gasteiger partial charge in [-0.3, -0.25) is 24.5 Å². The summed E-state index contributed by atoms with van der Waals surface area (Å²) in [6.45, 7) is -0.644. The van der Waals surface area contributed by atoms with Crippen LogP contribution in [0.3, 0.4) is 0 Å². The summed E-state index contributed by atoms with van der Waals surface area (Å²) in [4.78, 5) is 65.6. The third kappa shape index (κ3) is 5.25. The maximum absolute atomic E-state index is 13.0. The second-order valence-corrected chi connectivity index (χ2v) is 7.95. The molecule has 2 heterocycles. The van der Waals surface area contributed by atoms with E-state index in [1.807, 2.05) is 6.07 Å². The smallest absolute Gasteiger partial charge is 0.408 e. The minimum Gasteiger partial charge on any atom is -0.456 e. The van der Waals surface area contributed by atoms with Gasteiger partial charge in [-0.25, -0.2) is 9.59 Å². The molecular weight excluding hydrogens is 478 g/mol. The first-order chi connectivity index (χ1) is 17.3. The molecule has 13 nitrogen and oxygen atoms in total. The van der Waals surface area contributed by atoms with E-state index in [0.29, 0.717) is 10.6 Å². The van der Waals surface area contributed by atoms with Crippen LogP contribution in [-0.4, -0.2) is 52.3 Å². The third-order valence-electron chi connectivity index (χ3n) is 5.49. The van der Waals surface area contributed by atoms with E-state index < -0.39 is 40.6 Å². The van der Waals surface area contributed by atoms with Gasteiger partial charge in [-0.05, 0) is 23.3 Å². The Balaban J connectivity index is 1.38. The molecule has 2 amide bonds. The molecule has 2 aromatic rings. The van der Waals surface area contributed by atoms with Gasteiger partial charge in [0, 0.05) is 18.6 Å². The lowest BCUT2D eigenvalue weighted by molar-refractivity contribution is -0.384. The molecule has 2 saturated heterocycles. The van der Waals surface area contributed by atoms with Crippen molar-refractivity contribution in [3.8, 4) is 0 Å². The molecule has 0 spiro atoms. The summed E-state index contributed by atoms with van der Waals surface area (Å²) in [7, 11) is 0. The van der Waals surface area contributed by atoms with Crippen molar-refractivity contribution < 1.29 is 43.1 Å². The molecule has 0 aromatic heterocycles. The van der Waals surface area contributed by atoms with Gasteiger partial charge in [0.2, 0.25) is 0 Å². The molecule has 2 atom stereocenters. The lowest BCUT2D eigenvalue weighted by atomic mass is 10.1. The Morgan fingerprint density at radius 1 is 1.06 bits per heavy atom. The molecule has 0 bridgehead atoms. The van der Waals surface area contributed by atoms with Crippen LogP contribution in [0.15, 0.2) is 54.6 Å².